The molecule has 0 bridgehead atoms. The second-order valence-corrected chi connectivity index (χ2v) is 30.6. The Morgan fingerprint density at radius 2 is 0.728 bits per heavy atom. The lowest BCUT2D eigenvalue weighted by atomic mass is 9.93. The van der Waals surface area contributed by atoms with Crippen molar-refractivity contribution in [2.24, 2.45) is 5.92 Å². The molecule has 0 unspecified atom stereocenters. The van der Waals surface area contributed by atoms with Crippen molar-refractivity contribution < 1.29 is 138 Å². The second-order valence-electron chi connectivity index (χ2n) is 30.6. The number of hydrogen-bond donors (Lipinski definition) is 3. The molecule has 654 valence electrons. The molecule has 3 amide bonds. The van der Waals surface area contributed by atoms with Crippen molar-refractivity contribution in [3.63, 3.8) is 0 Å². The summed E-state index contributed by atoms with van der Waals surface area (Å²) in [5.74, 6) is -10.9. The van der Waals surface area contributed by atoms with E-state index in [0.717, 1.165) is 154 Å². The van der Waals surface area contributed by atoms with Crippen LogP contribution in [0.4, 0.5) is 0 Å². The Bertz CT molecular complexity index is 2930. The maximum atomic E-state index is 15.1. The number of esters is 10. The average molecular weight is 1630 g/mol. The van der Waals surface area contributed by atoms with Crippen LogP contribution in [-0.4, -0.2) is 214 Å². The topological polar surface area (TPSA) is 406 Å². The van der Waals surface area contributed by atoms with Gasteiger partial charge in [0, 0.05) is 83.1 Å². The minimum absolute atomic E-state index is 0.0516. The number of rotatable bonds is 56. The van der Waals surface area contributed by atoms with E-state index < -0.39 is 214 Å². The van der Waals surface area contributed by atoms with Crippen LogP contribution in [0.5, 0.6) is 0 Å². The van der Waals surface area contributed by atoms with Gasteiger partial charge in [0.1, 0.15) is 55.8 Å². The lowest BCUT2D eigenvalue weighted by Gasteiger charge is -2.51. The van der Waals surface area contributed by atoms with Crippen LogP contribution < -0.4 is 16.0 Å². The highest BCUT2D eigenvalue weighted by atomic mass is 16.8. The minimum Gasteiger partial charge on any atom is -0.463 e. The van der Waals surface area contributed by atoms with Gasteiger partial charge in [-0.25, -0.2) is 0 Å². The van der Waals surface area contributed by atoms with E-state index in [1.807, 2.05) is 0 Å². The van der Waals surface area contributed by atoms with E-state index in [1.54, 1.807) is 0 Å². The van der Waals surface area contributed by atoms with Gasteiger partial charge >= 0.3 is 59.7 Å². The van der Waals surface area contributed by atoms with Crippen molar-refractivity contribution in [2.75, 3.05) is 19.8 Å². The van der Waals surface area contributed by atoms with Crippen molar-refractivity contribution in [3.05, 3.63) is 0 Å². The molecule has 3 saturated heterocycles. The van der Waals surface area contributed by atoms with Crippen LogP contribution >= 0.6 is 0 Å². The molecule has 0 aromatic rings. The molecule has 3 aliphatic heterocycles. The lowest BCUT2D eigenvalue weighted by molar-refractivity contribution is -0.366. The summed E-state index contributed by atoms with van der Waals surface area (Å²) in [7, 11) is 0. The first-order valence-electron chi connectivity index (χ1n) is 41.5. The average Bonchev–Trinajstić information content (AvgIpc) is 0.760. The van der Waals surface area contributed by atoms with Crippen LogP contribution in [0.3, 0.4) is 0 Å². The first-order chi connectivity index (χ1) is 54.1. The lowest BCUT2D eigenvalue weighted by Crippen LogP contribution is -2.71. The summed E-state index contributed by atoms with van der Waals surface area (Å²) in [6, 6.07) is -5.14. The number of carbonyl (C=O) groups is 13. The molecule has 3 N–H and O–H groups in total. The fourth-order valence-electron chi connectivity index (χ4n) is 14.5. The summed E-state index contributed by atoms with van der Waals surface area (Å²) < 4.78 is 97.8. The Morgan fingerprint density at radius 1 is 0.351 bits per heavy atom. The van der Waals surface area contributed by atoms with E-state index in [0.29, 0.717) is 31.6 Å². The van der Waals surface area contributed by atoms with Crippen LogP contribution in [0.25, 0.3) is 0 Å². The van der Waals surface area contributed by atoms with Gasteiger partial charge in [0.05, 0.1) is 18.8 Å². The van der Waals surface area contributed by atoms with Gasteiger partial charge in [-0.15, -0.1) is 0 Å². The number of unbranched alkanes of at least 4 members (excludes halogenated alkanes) is 25. The molecule has 0 aliphatic carbocycles. The summed E-state index contributed by atoms with van der Waals surface area (Å²) in [6.45, 7) is 18.5. The zero-order valence-corrected chi connectivity index (χ0v) is 70.7. The smallest absolute Gasteiger partial charge is 0.303 e. The highest BCUT2D eigenvalue weighted by Crippen LogP contribution is 2.38. The van der Waals surface area contributed by atoms with E-state index in [1.165, 1.54) is 90.4 Å². The molecule has 19 atom stereocenters. The Hall–Kier alpha value is -7.13. The predicted octanol–water partition coefficient (Wildman–Crippen LogP) is 10.4. The van der Waals surface area contributed by atoms with Crippen molar-refractivity contribution in [1.29, 1.82) is 0 Å². The monoisotopic (exact) mass is 1630 g/mol. The van der Waals surface area contributed by atoms with Crippen molar-refractivity contribution in [1.82, 2.24) is 16.0 Å². The third kappa shape index (κ3) is 41.1. The number of carbonyl (C=O) groups excluding carboxylic acids is 13. The van der Waals surface area contributed by atoms with Gasteiger partial charge in [-0.2, -0.15) is 0 Å². The van der Waals surface area contributed by atoms with E-state index in [-0.39, 0.29) is 12.8 Å². The first-order valence-corrected chi connectivity index (χ1v) is 41.5. The molecule has 0 radical (unpaired) electrons. The number of nitrogens with one attached hydrogen (secondary N) is 3. The van der Waals surface area contributed by atoms with E-state index >= 15 is 4.79 Å². The molecular weight excluding hydrogens is 1490 g/mol. The predicted molar refractivity (Wildman–Crippen MR) is 411 cm³/mol. The SMILES string of the molecule is CCCCCCCCCCCCCCCCCCCC[C@@H](OC(C)=O)C(=O)N[C@@H](CO[C@@H]1O[C@H](COC(C)=O)[C@@H](O[C@@H]2O[C@H](COC(C)=O)[C@H](OC(C)=O)[C@H](OC(C)=O)[C@H]2NC(C)=O)[C@H](O[C@H]2O[C@H](C)[C@H](OC(C)=O)[C@H](OC(C)=O)[C@H]2OC(C)=O)[C@H]1NC(C)=O)[C@H](OC(C)=O)[C@@H](CCCCCCCCCCCC(C)C)OC(C)=O. The van der Waals surface area contributed by atoms with E-state index in [9.17, 15) is 57.5 Å². The second kappa shape index (κ2) is 56.3. The first kappa shape index (κ1) is 101. The van der Waals surface area contributed by atoms with Gasteiger partial charge in [-0.05, 0) is 38.5 Å². The molecule has 0 saturated carbocycles. The maximum absolute atomic E-state index is 15.1. The molecule has 0 aromatic heterocycles. The third-order valence-electron chi connectivity index (χ3n) is 19.6. The molecule has 0 spiro atoms. The van der Waals surface area contributed by atoms with Crippen LogP contribution in [0.2, 0.25) is 0 Å². The highest BCUT2D eigenvalue weighted by molar-refractivity contribution is 5.84. The molecule has 3 heterocycles. The van der Waals surface area contributed by atoms with E-state index in [2.05, 4.69) is 36.7 Å². The minimum atomic E-state index is -2.00. The van der Waals surface area contributed by atoms with Crippen LogP contribution in [0, 0.1) is 5.92 Å². The largest absolute Gasteiger partial charge is 0.463 e. The molecule has 3 rings (SSSR count). The van der Waals surface area contributed by atoms with Crippen LogP contribution in [0.1, 0.15) is 303 Å². The summed E-state index contributed by atoms with van der Waals surface area (Å²) in [5.41, 5.74) is 0. The molecule has 3 fully saturated rings. The van der Waals surface area contributed by atoms with E-state index in [4.69, 9.17) is 75.8 Å². The Balaban J connectivity index is 2.34. The standard InChI is InChI=1S/C82H137N3O29/c1-17-18-19-20-21-22-23-24-25-26-27-28-29-30-33-37-40-43-46-66(104-57(10)91)79(98)85-64(72(106-59(12)93)65(103-56(9)90)45-42-39-36-34-31-32-35-38-41-44-50(2)3)47-101-80-69(83-52(5)86)76(114-82-78(110-63(16)97)77(109-62(15)96)71(51(4)102-82)105-58(11)92)74(68(111-80)49-100-55(8)89)113-81-70(84-53(6)87)75(108-61(14)95)73(107-60(13)94)67(112-81)48-99-54(7)88/h50-51,64-78,80-82H,17-49H2,1-16H3,(H,83,86)(H,84,87)(H,85,98)/t51-,64+,65-,66-,67-,68-,69-,70-,71+,72+,73+,74-,75-,76-,77+,78-,80-,81+,82-/m1/s1. The normalized spacial score (nSPS) is 24.4. The Labute approximate surface area is 674 Å². The van der Waals surface area contributed by atoms with Gasteiger partial charge in [0.2, 0.25) is 11.8 Å². The molecule has 32 nitrogen and oxygen atoms in total. The number of hydrogen-bond acceptors (Lipinski definition) is 29. The maximum Gasteiger partial charge on any atom is 0.303 e. The summed E-state index contributed by atoms with van der Waals surface area (Å²) in [5, 5.41) is 8.25. The Kier molecular flexibility index (Phi) is 49.9. The van der Waals surface area contributed by atoms with Gasteiger partial charge in [0.25, 0.3) is 5.91 Å². The zero-order chi connectivity index (χ0) is 84.8. The van der Waals surface area contributed by atoms with Crippen LogP contribution in [-0.2, 0) is 138 Å². The zero-order valence-electron chi connectivity index (χ0n) is 70.7. The molecule has 114 heavy (non-hydrogen) atoms. The fraction of sp³-hybridized carbons (Fsp3) is 0.841. The molecule has 0 aromatic carbocycles. The van der Waals surface area contributed by atoms with Gasteiger partial charge in [0.15, 0.2) is 61.6 Å². The van der Waals surface area contributed by atoms with Crippen LogP contribution in [0.15, 0.2) is 0 Å². The molecule has 3 aliphatic rings. The van der Waals surface area contributed by atoms with Crippen molar-refractivity contribution in [3.8, 4) is 0 Å². The Morgan fingerprint density at radius 3 is 1.16 bits per heavy atom. The van der Waals surface area contributed by atoms with Gasteiger partial charge in [-0.3, -0.25) is 62.3 Å². The third-order valence-corrected chi connectivity index (χ3v) is 19.6. The number of amides is 3. The van der Waals surface area contributed by atoms with Crippen molar-refractivity contribution in [2.45, 2.75) is 420 Å². The van der Waals surface area contributed by atoms with Gasteiger partial charge in [-0.1, -0.05) is 188 Å². The summed E-state index contributed by atoms with van der Waals surface area (Å²) in [6.07, 6.45) is 2.46. The van der Waals surface area contributed by atoms with Crippen molar-refractivity contribution >= 4 is 77.4 Å². The highest BCUT2D eigenvalue weighted by Gasteiger charge is 2.59. The molecular formula is C82H137N3O29. The van der Waals surface area contributed by atoms with Gasteiger partial charge < -0.3 is 91.7 Å². The fourth-order valence-corrected chi connectivity index (χ4v) is 14.5. The summed E-state index contributed by atoms with van der Waals surface area (Å²) in [4.78, 5) is 173. The number of ether oxygens (including phenoxy) is 16. The quantitative estimate of drug-likeness (QED) is 0.0289. The summed E-state index contributed by atoms with van der Waals surface area (Å²) >= 11 is 0. The molecule has 32 heteroatoms.